The zero-order valence-corrected chi connectivity index (χ0v) is 11.4. The van der Waals surface area contributed by atoms with Gasteiger partial charge in [0.2, 0.25) is 5.91 Å². The van der Waals surface area contributed by atoms with E-state index in [1.807, 2.05) is 18.2 Å². The first-order valence-corrected chi connectivity index (χ1v) is 6.72. The van der Waals surface area contributed by atoms with E-state index in [4.69, 9.17) is 5.26 Å². The summed E-state index contributed by atoms with van der Waals surface area (Å²) < 4.78 is 0. The summed E-state index contributed by atoms with van der Waals surface area (Å²) in [5.41, 5.74) is 2.27. The SMILES string of the molecule is CCCCc1ccc(NCC(=O)NCCC#N)cc1. The first-order chi connectivity index (χ1) is 9.26. The Kier molecular flexibility index (Phi) is 7.11. The average molecular weight is 259 g/mol. The predicted octanol–water partition coefficient (Wildman–Crippen LogP) is 2.47. The maximum atomic E-state index is 11.4. The monoisotopic (exact) mass is 259 g/mol. The molecule has 4 nitrogen and oxygen atoms in total. The highest BCUT2D eigenvalue weighted by Crippen LogP contribution is 2.11. The van der Waals surface area contributed by atoms with Gasteiger partial charge in [0.1, 0.15) is 0 Å². The maximum Gasteiger partial charge on any atom is 0.239 e. The minimum atomic E-state index is -0.0923. The van der Waals surface area contributed by atoms with Crippen LogP contribution in [0.4, 0.5) is 5.69 Å². The Balaban J connectivity index is 2.29. The van der Waals surface area contributed by atoms with Crippen LogP contribution in [0.15, 0.2) is 24.3 Å². The van der Waals surface area contributed by atoms with Crippen LogP contribution in [0.1, 0.15) is 31.7 Å². The van der Waals surface area contributed by atoms with Crippen molar-refractivity contribution in [3.05, 3.63) is 29.8 Å². The number of benzene rings is 1. The van der Waals surface area contributed by atoms with E-state index >= 15 is 0 Å². The number of nitriles is 1. The van der Waals surface area contributed by atoms with Crippen molar-refractivity contribution in [3.8, 4) is 6.07 Å². The molecule has 0 saturated carbocycles. The molecule has 0 aliphatic heterocycles. The largest absolute Gasteiger partial charge is 0.376 e. The van der Waals surface area contributed by atoms with Crippen molar-refractivity contribution in [2.24, 2.45) is 0 Å². The van der Waals surface area contributed by atoms with E-state index in [1.165, 1.54) is 18.4 Å². The molecule has 0 unspecified atom stereocenters. The fourth-order valence-corrected chi connectivity index (χ4v) is 1.67. The molecule has 1 aromatic carbocycles. The summed E-state index contributed by atoms with van der Waals surface area (Å²) in [5.74, 6) is -0.0923. The standard InChI is InChI=1S/C15H21N3O/c1-2-3-5-13-6-8-14(9-7-13)18-12-15(19)17-11-4-10-16/h6-9,18H,2-5,11-12H2,1H3,(H,17,19). The Morgan fingerprint density at radius 2 is 2.05 bits per heavy atom. The molecule has 0 atom stereocenters. The van der Waals surface area contributed by atoms with Crippen LogP contribution in [-0.2, 0) is 11.2 Å². The van der Waals surface area contributed by atoms with Crippen LogP contribution in [-0.4, -0.2) is 19.0 Å². The molecule has 2 N–H and O–H groups in total. The van der Waals surface area contributed by atoms with E-state index in [1.54, 1.807) is 0 Å². The summed E-state index contributed by atoms with van der Waals surface area (Å²) >= 11 is 0. The van der Waals surface area contributed by atoms with Gasteiger partial charge in [0.25, 0.3) is 0 Å². The van der Waals surface area contributed by atoms with Gasteiger partial charge in [-0.15, -0.1) is 0 Å². The van der Waals surface area contributed by atoms with Crippen molar-refractivity contribution in [3.63, 3.8) is 0 Å². The van der Waals surface area contributed by atoms with Gasteiger partial charge in [-0.1, -0.05) is 25.5 Å². The second-order valence-corrected chi connectivity index (χ2v) is 4.41. The summed E-state index contributed by atoms with van der Waals surface area (Å²) in [7, 11) is 0. The maximum absolute atomic E-state index is 11.4. The lowest BCUT2D eigenvalue weighted by atomic mass is 10.1. The number of hydrogen-bond donors (Lipinski definition) is 2. The van der Waals surface area contributed by atoms with Crippen molar-refractivity contribution < 1.29 is 4.79 Å². The molecule has 0 aromatic heterocycles. The lowest BCUT2D eigenvalue weighted by Gasteiger charge is -2.07. The highest BCUT2D eigenvalue weighted by molar-refractivity contribution is 5.80. The fourth-order valence-electron chi connectivity index (χ4n) is 1.67. The highest BCUT2D eigenvalue weighted by Gasteiger charge is 2.00. The van der Waals surface area contributed by atoms with Gasteiger partial charge in [-0.05, 0) is 30.5 Å². The lowest BCUT2D eigenvalue weighted by Crippen LogP contribution is -2.30. The third kappa shape index (κ3) is 6.46. The predicted molar refractivity (Wildman–Crippen MR) is 76.8 cm³/mol. The van der Waals surface area contributed by atoms with Crippen LogP contribution in [0.25, 0.3) is 0 Å². The smallest absolute Gasteiger partial charge is 0.239 e. The summed E-state index contributed by atoms with van der Waals surface area (Å²) in [5, 5.41) is 14.1. The van der Waals surface area contributed by atoms with Gasteiger partial charge in [0, 0.05) is 12.2 Å². The van der Waals surface area contributed by atoms with E-state index in [0.29, 0.717) is 13.0 Å². The van der Waals surface area contributed by atoms with Crippen molar-refractivity contribution in [1.82, 2.24) is 5.32 Å². The number of nitrogens with zero attached hydrogens (tertiary/aromatic N) is 1. The molecule has 0 radical (unpaired) electrons. The molecule has 0 bridgehead atoms. The number of unbranched alkanes of at least 4 members (excludes halogenated alkanes) is 1. The van der Waals surface area contributed by atoms with Crippen molar-refractivity contribution in [1.29, 1.82) is 5.26 Å². The molecule has 1 aromatic rings. The molecule has 1 rings (SSSR count). The zero-order chi connectivity index (χ0) is 13.9. The first kappa shape index (κ1) is 15.0. The van der Waals surface area contributed by atoms with Gasteiger partial charge in [-0.25, -0.2) is 0 Å². The molecule has 0 spiro atoms. The van der Waals surface area contributed by atoms with E-state index in [-0.39, 0.29) is 12.5 Å². The van der Waals surface area contributed by atoms with E-state index in [9.17, 15) is 4.79 Å². The fraction of sp³-hybridized carbons (Fsp3) is 0.467. The zero-order valence-electron chi connectivity index (χ0n) is 11.4. The van der Waals surface area contributed by atoms with Crippen LogP contribution in [0.2, 0.25) is 0 Å². The molecule has 1 amide bonds. The normalized spacial score (nSPS) is 9.68. The third-order valence-corrected chi connectivity index (χ3v) is 2.78. The van der Waals surface area contributed by atoms with E-state index in [2.05, 4.69) is 29.7 Å². The number of amides is 1. The van der Waals surface area contributed by atoms with Crippen LogP contribution in [0.3, 0.4) is 0 Å². The van der Waals surface area contributed by atoms with E-state index in [0.717, 1.165) is 12.1 Å². The number of aryl methyl sites for hydroxylation is 1. The lowest BCUT2D eigenvalue weighted by molar-refractivity contribution is -0.119. The van der Waals surface area contributed by atoms with Crippen LogP contribution < -0.4 is 10.6 Å². The minimum absolute atomic E-state index is 0.0923. The van der Waals surface area contributed by atoms with Crippen molar-refractivity contribution >= 4 is 11.6 Å². The Morgan fingerprint density at radius 3 is 2.68 bits per heavy atom. The summed E-state index contributed by atoms with van der Waals surface area (Å²) in [6, 6.07) is 10.1. The molecule has 0 heterocycles. The minimum Gasteiger partial charge on any atom is -0.376 e. The third-order valence-electron chi connectivity index (χ3n) is 2.78. The number of anilines is 1. The summed E-state index contributed by atoms with van der Waals surface area (Å²) in [6.45, 7) is 2.83. The van der Waals surface area contributed by atoms with Gasteiger partial charge in [-0.2, -0.15) is 5.26 Å². The molecule has 0 aliphatic carbocycles. The van der Waals surface area contributed by atoms with Crippen molar-refractivity contribution in [2.75, 3.05) is 18.4 Å². The summed E-state index contributed by atoms with van der Waals surface area (Å²) in [4.78, 5) is 11.4. The number of carbonyl (C=O) groups is 1. The number of nitrogens with one attached hydrogen (secondary N) is 2. The van der Waals surface area contributed by atoms with Gasteiger partial charge in [0.05, 0.1) is 19.0 Å². The van der Waals surface area contributed by atoms with Gasteiger partial charge in [-0.3, -0.25) is 4.79 Å². The summed E-state index contributed by atoms with van der Waals surface area (Å²) in [6.07, 6.45) is 3.85. The molecule has 102 valence electrons. The molecular formula is C15H21N3O. The van der Waals surface area contributed by atoms with Crippen LogP contribution >= 0.6 is 0 Å². The van der Waals surface area contributed by atoms with Crippen molar-refractivity contribution in [2.45, 2.75) is 32.6 Å². The molecular weight excluding hydrogens is 238 g/mol. The first-order valence-electron chi connectivity index (χ1n) is 6.72. The second-order valence-electron chi connectivity index (χ2n) is 4.41. The topological polar surface area (TPSA) is 64.9 Å². The molecule has 4 heteroatoms. The van der Waals surface area contributed by atoms with Crippen LogP contribution in [0.5, 0.6) is 0 Å². The second kappa shape index (κ2) is 8.98. The Morgan fingerprint density at radius 1 is 1.32 bits per heavy atom. The number of hydrogen-bond acceptors (Lipinski definition) is 3. The Labute approximate surface area is 114 Å². The Hall–Kier alpha value is -2.02. The number of carbonyl (C=O) groups excluding carboxylic acids is 1. The molecule has 0 saturated heterocycles. The highest BCUT2D eigenvalue weighted by atomic mass is 16.1. The van der Waals surface area contributed by atoms with Crippen LogP contribution in [0, 0.1) is 11.3 Å². The van der Waals surface area contributed by atoms with Gasteiger partial charge in [0.15, 0.2) is 0 Å². The van der Waals surface area contributed by atoms with Gasteiger partial charge >= 0.3 is 0 Å². The van der Waals surface area contributed by atoms with Gasteiger partial charge < -0.3 is 10.6 Å². The molecule has 0 fully saturated rings. The average Bonchev–Trinajstić information content (AvgIpc) is 2.44. The van der Waals surface area contributed by atoms with E-state index < -0.39 is 0 Å². The quantitative estimate of drug-likeness (QED) is 0.705. The Bertz CT molecular complexity index is 420. The number of rotatable bonds is 8. The molecule has 0 aliphatic rings. The molecule has 19 heavy (non-hydrogen) atoms.